The standard InChI is InChI=1S/C10H12N4/c1-9-6-10(8-12-7-9)4-2-3-5-13-14-11/h2,4,6-8H,3,5H2,1H3. The number of nitrogens with zero attached hydrogens (tertiary/aromatic N) is 4. The van der Waals surface area contributed by atoms with Gasteiger partial charge in [0.15, 0.2) is 0 Å². The van der Waals surface area contributed by atoms with Crippen LogP contribution in [-0.4, -0.2) is 11.5 Å². The van der Waals surface area contributed by atoms with Crippen LogP contribution < -0.4 is 0 Å². The molecule has 72 valence electrons. The Hall–Kier alpha value is -1.80. The maximum Gasteiger partial charge on any atom is 0.0340 e. The molecule has 0 aromatic carbocycles. The summed E-state index contributed by atoms with van der Waals surface area (Å²) in [6.45, 7) is 2.51. The van der Waals surface area contributed by atoms with Crippen molar-refractivity contribution in [2.45, 2.75) is 13.3 Å². The van der Waals surface area contributed by atoms with Gasteiger partial charge in [-0.2, -0.15) is 0 Å². The molecule has 0 spiro atoms. The lowest BCUT2D eigenvalue weighted by molar-refractivity contribution is 0.995. The quantitative estimate of drug-likeness (QED) is 0.310. The number of aromatic nitrogens is 1. The normalized spacial score (nSPS) is 10.1. The average Bonchev–Trinajstić information content (AvgIpc) is 2.18. The molecular weight excluding hydrogens is 176 g/mol. The molecule has 1 aromatic rings. The summed E-state index contributed by atoms with van der Waals surface area (Å²) >= 11 is 0. The molecule has 0 saturated carbocycles. The zero-order valence-electron chi connectivity index (χ0n) is 8.09. The van der Waals surface area contributed by atoms with Crippen LogP contribution in [0, 0.1) is 6.92 Å². The highest BCUT2D eigenvalue weighted by Gasteiger charge is 1.87. The Kier molecular flexibility index (Phi) is 4.24. The lowest BCUT2D eigenvalue weighted by Crippen LogP contribution is -1.79. The molecular formula is C10H12N4. The molecule has 0 aliphatic carbocycles. The van der Waals surface area contributed by atoms with Crippen molar-refractivity contribution in [1.29, 1.82) is 0 Å². The van der Waals surface area contributed by atoms with Crippen LogP contribution in [0.2, 0.25) is 0 Å². The van der Waals surface area contributed by atoms with Crippen LogP contribution in [0.25, 0.3) is 16.5 Å². The highest BCUT2D eigenvalue weighted by molar-refractivity contribution is 5.48. The van der Waals surface area contributed by atoms with Crippen molar-refractivity contribution in [2.75, 3.05) is 6.54 Å². The van der Waals surface area contributed by atoms with Crippen LogP contribution in [0.4, 0.5) is 0 Å². The summed E-state index contributed by atoms with van der Waals surface area (Å²) in [5.74, 6) is 0. The second-order valence-electron chi connectivity index (χ2n) is 2.94. The number of pyridine rings is 1. The number of hydrogen-bond acceptors (Lipinski definition) is 2. The zero-order valence-corrected chi connectivity index (χ0v) is 8.09. The predicted octanol–water partition coefficient (Wildman–Crippen LogP) is 3.10. The average molecular weight is 188 g/mol. The van der Waals surface area contributed by atoms with Crippen molar-refractivity contribution in [3.63, 3.8) is 0 Å². The van der Waals surface area contributed by atoms with Crippen molar-refractivity contribution in [3.05, 3.63) is 46.1 Å². The first kappa shape index (κ1) is 10.3. The van der Waals surface area contributed by atoms with Gasteiger partial charge in [0.2, 0.25) is 0 Å². The van der Waals surface area contributed by atoms with E-state index >= 15 is 0 Å². The van der Waals surface area contributed by atoms with Gasteiger partial charge >= 0.3 is 0 Å². The summed E-state index contributed by atoms with van der Waals surface area (Å²) in [5.41, 5.74) is 10.3. The molecule has 0 saturated heterocycles. The minimum Gasteiger partial charge on any atom is -0.264 e. The Labute approximate surface area is 82.9 Å². The molecule has 0 bridgehead atoms. The third-order valence-corrected chi connectivity index (χ3v) is 1.67. The topological polar surface area (TPSA) is 61.7 Å². The minimum atomic E-state index is 0.506. The number of aryl methyl sites for hydroxylation is 1. The lowest BCUT2D eigenvalue weighted by Gasteiger charge is -1.93. The summed E-state index contributed by atoms with van der Waals surface area (Å²) in [6, 6.07) is 2.05. The highest BCUT2D eigenvalue weighted by atomic mass is 15.1. The molecule has 0 radical (unpaired) electrons. The molecule has 0 amide bonds. The zero-order chi connectivity index (χ0) is 10.2. The summed E-state index contributed by atoms with van der Waals surface area (Å²) in [7, 11) is 0. The van der Waals surface area contributed by atoms with Gasteiger partial charge in [0, 0.05) is 23.9 Å². The third-order valence-electron chi connectivity index (χ3n) is 1.67. The van der Waals surface area contributed by atoms with Gasteiger partial charge in [0.05, 0.1) is 0 Å². The first-order valence-corrected chi connectivity index (χ1v) is 4.42. The summed E-state index contributed by atoms with van der Waals surface area (Å²) in [5, 5.41) is 3.43. The molecule has 1 aromatic heterocycles. The van der Waals surface area contributed by atoms with Gasteiger partial charge in [-0.05, 0) is 36.1 Å². The SMILES string of the molecule is Cc1cncc(C=CCCN=[N+]=[N-])c1. The molecule has 0 atom stereocenters. The maximum atomic E-state index is 8.04. The monoisotopic (exact) mass is 188 g/mol. The molecule has 14 heavy (non-hydrogen) atoms. The van der Waals surface area contributed by atoms with Crippen molar-refractivity contribution in [1.82, 2.24) is 4.98 Å². The van der Waals surface area contributed by atoms with Crippen LogP contribution in [0.1, 0.15) is 17.5 Å². The van der Waals surface area contributed by atoms with Gasteiger partial charge in [0.1, 0.15) is 0 Å². The van der Waals surface area contributed by atoms with E-state index in [1.807, 2.05) is 25.3 Å². The van der Waals surface area contributed by atoms with Crippen LogP contribution >= 0.6 is 0 Å². The van der Waals surface area contributed by atoms with Crippen molar-refractivity contribution in [3.8, 4) is 0 Å². The second-order valence-corrected chi connectivity index (χ2v) is 2.94. The predicted molar refractivity (Wildman–Crippen MR) is 56.6 cm³/mol. The van der Waals surface area contributed by atoms with E-state index in [0.29, 0.717) is 6.54 Å². The van der Waals surface area contributed by atoms with Crippen LogP contribution in [-0.2, 0) is 0 Å². The Morgan fingerprint density at radius 3 is 3.14 bits per heavy atom. The summed E-state index contributed by atoms with van der Waals surface area (Å²) in [4.78, 5) is 6.74. The van der Waals surface area contributed by atoms with Crippen molar-refractivity contribution >= 4 is 6.08 Å². The van der Waals surface area contributed by atoms with Gasteiger partial charge in [-0.15, -0.1) is 0 Å². The number of azide groups is 1. The van der Waals surface area contributed by atoms with Gasteiger partial charge in [0.25, 0.3) is 0 Å². The molecule has 4 nitrogen and oxygen atoms in total. The summed E-state index contributed by atoms with van der Waals surface area (Å²) in [6.07, 6.45) is 8.34. The van der Waals surface area contributed by atoms with Gasteiger partial charge < -0.3 is 0 Å². The summed E-state index contributed by atoms with van der Waals surface area (Å²) < 4.78 is 0. The minimum absolute atomic E-state index is 0.506. The van der Waals surface area contributed by atoms with Crippen molar-refractivity contribution in [2.24, 2.45) is 5.11 Å². The molecule has 0 aliphatic heterocycles. The van der Waals surface area contributed by atoms with E-state index in [4.69, 9.17) is 5.53 Å². The van der Waals surface area contributed by atoms with Crippen LogP contribution in [0.3, 0.4) is 0 Å². The number of hydrogen-bond donors (Lipinski definition) is 0. The Balaban J connectivity index is 2.47. The lowest BCUT2D eigenvalue weighted by atomic mass is 10.2. The van der Waals surface area contributed by atoms with E-state index in [2.05, 4.69) is 21.1 Å². The Morgan fingerprint density at radius 1 is 1.57 bits per heavy atom. The molecule has 1 heterocycles. The van der Waals surface area contributed by atoms with E-state index < -0.39 is 0 Å². The van der Waals surface area contributed by atoms with Gasteiger partial charge in [-0.1, -0.05) is 17.3 Å². The van der Waals surface area contributed by atoms with E-state index in [1.165, 1.54) is 0 Å². The van der Waals surface area contributed by atoms with E-state index in [9.17, 15) is 0 Å². The van der Waals surface area contributed by atoms with Crippen molar-refractivity contribution < 1.29 is 0 Å². The molecule has 4 heteroatoms. The fraction of sp³-hybridized carbons (Fsp3) is 0.300. The third kappa shape index (κ3) is 3.74. The second kappa shape index (κ2) is 5.78. The molecule has 0 aliphatic rings. The first-order valence-electron chi connectivity index (χ1n) is 4.42. The molecule has 0 fully saturated rings. The van der Waals surface area contributed by atoms with Crippen LogP contribution in [0.5, 0.6) is 0 Å². The van der Waals surface area contributed by atoms with E-state index in [0.717, 1.165) is 17.5 Å². The van der Waals surface area contributed by atoms with Gasteiger partial charge in [-0.25, -0.2) is 0 Å². The Morgan fingerprint density at radius 2 is 2.43 bits per heavy atom. The fourth-order valence-corrected chi connectivity index (χ4v) is 1.07. The van der Waals surface area contributed by atoms with E-state index in [1.54, 1.807) is 6.20 Å². The molecule has 0 unspecified atom stereocenters. The first-order chi connectivity index (χ1) is 6.83. The molecule has 0 N–H and O–H groups in total. The number of rotatable bonds is 4. The smallest absolute Gasteiger partial charge is 0.0340 e. The largest absolute Gasteiger partial charge is 0.264 e. The van der Waals surface area contributed by atoms with Crippen LogP contribution in [0.15, 0.2) is 29.7 Å². The van der Waals surface area contributed by atoms with Gasteiger partial charge in [-0.3, -0.25) is 4.98 Å². The molecule has 1 rings (SSSR count). The Bertz CT molecular complexity index is 364. The maximum absolute atomic E-state index is 8.04. The highest BCUT2D eigenvalue weighted by Crippen LogP contribution is 2.03. The van der Waals surface area contributed by atoms with E-state index in [-0.39, 0.29) is 0 Å². The fourth-order valence-electron chi connectivity index (χ4n) is 1.07.